The highest BCUT2D eigenvalue weighted by Crippen LogP contribution is 2.29. The Kier molecular flexibility index (Phi) is 9.66. The van der Waals surface area contributed by atoms with Gasteiger partial charge in [0.25, 0.3) is 0 Å². The number of hydrogen-bond acceptors (Lipinski definition) is 3. The normalized spacial score (nSPS) is 12.0. The lowest BCUT2D eigenvalue weighted by molar-refractivity contribution is 0.192. The number of ether oxygens (including phenoxy) is 1. The van der Waals surface area contributed by atoms with Crippen LogP contribution < -0.4 is 5.32 Å². The Labute approximate surface area is 99.5 Å². The minimum absolute atomic E-state index is 0.446. The van der Waals surface area contributed by atoms with Crippen molar-refractivity contribution in [3.8, 4) is 0 Å². The van der Waals surface area contributed by atoms with Gasteiger partial charge >= 0.3 is 0 Å². The first-order chi connectivity index (χ1) is 7.24. The standard InChI is InChI=1S/C12H27NOS/c1-5-12(6-2,15-4)11-13-9-7-8-10-14-3/h13H,5-11H2,1-4H3. The van der Waals surface area contributed by atoms with E-state index in [0.29, 0.717) is 4.75 Å². The zero-order chi connectivity index (χ0) is 11.6. The van der Waals surface area contributed by atoms with Crippen molar-refractivity contribution in [2.45, 2.75) is 44.3 Å². The molecule has 2 nitrogen and oxygen atoms in total. The van der Waals surface area contributed by atoms with Crippen molar-refractivity contribution in [1.29, 1.82) is 0 Å². The molecule has 3 heteroatoms. The van der Waals surface area contributed by atoms with E-state index in [4.69, 9.17) is 4.74 Å². The molecular weight excluding hydrogens is 206 g/mol. The number of methoxy groups -OCH3 is 1. The Morgan fingerprint density at radius 2 is 1.87 bits per heavy atom. The fraction of sp³-hybridized carbons (Fsp3) is 1.00. The summed E-state index contributed by atoms with van der Waals surface area (Å²) in [5.74, 6) is 0. The van der Waals surface area contributed by atoms with Crippen LogP contribution in [0.15, 0.2) is 0 Å². The zero-order valence-corrected chi connectivity index (χ0v) is 11.6. The molecule has 0 aromatic rings. The second-order valence-electron chi connectivity index (χ2n) is 3.97. The van der Waals surface area contributed by atoms with Crippen LogP contribution in [-0.4, -0.2) is 37.8 Å². The van der Waals surface area contributed by atoms with Gasteiger partial charge in [0, 0.05) is 25.0 Å². The van der Waals surface area contributed by atoms with Crippen molar-refractivity contribution < 1.29 is 4.74 Å². The second-order valence-corrected chi connectivity index (χ2v) is 5.25. The Balaban J connectivity index is 3.54. The summed E-state index contributed by atoms with van der Waals surface area (Å²) in [6.07, 6.45) is 7.09. The van der Waals surface area contributed by atoms with Gasteiger partial charge in [-0.1, -0.05) is 13.8 Å². The van der Waals surface area contributed by atoms with Crippen LogP contribution in [0.2, 0.25) is 0 Å². The smallest absolute Gasteiger partial charge is 0.0462 e. The summed E-state index contributed by atoms with van der Waals surface area (Å²) >= 11 is 2.00. The van der Waals surface area contributed by atoms with Gasteiger partial charge in [0.05, 0.1) is 0 Å². The van der Waals surface area contributed by atoms with Crippen molar-refractivity contribution in [3.05, 3.63) is 0 Å². The van der Waals surface area contributed by atoms with E-state index in [-0.39, 0.29) is 0 Å². The molecule has 0 atom stereocenters. The monoisotopic (exact) mass is 233 g/mol. The zero-order valence-electron chi connectivity index (χ0n) is 10.8. The Morgan fingerprint density at radius 3 is 2.33 bits per heavy atom. The van der Waals surface area contributed by atoms with E-state index in [2.05, 4.69) is 25.4 Å². The lowest BCUT2D eigenvalue weighted by Gasteiger charge is -2.30. The molecule has 15 heavy (non-hydrogen) atoms. The lowest BCUT2D eigenvalue weighted by atomic mass is 10.0. The molecule has 0 spiro atoms. The van der Waals surface area contributed by atoms with Gasteiger partial charge in [-0.05, 0) is 38.5 Å². The number of unbranched alkanes of at least 4 members (excludes halogenated alkanes) is 1. The molecule has 0 aliphatic heterocycles. The molecule has 0 radical (unpaired) electrons. The highest BCUT2D eigenvalue weighted by Gasteiger charge is 2.23. The predicted molar refractivity (Wildman–Crippen MR) is 70.8 cm³/mol. The Morgan fingerprint density at radius 1 is 1.20 bits per heavy atom. The van der Waals surface area contributed by atoms with Crippen LogP contribution in [0.25, 0.3) is 0 Å². The van der Waals surface area contributed by atoms with E-state index in [1.807, 2.05) is 11.8 Å². The second kappa shape index (κ2) is 9.49. The van der Waals surface area contributed by atoms with Gasteiger partial charge in [0.2, 0.25) is 0 Å². The highest BCUT2D eigenvalue weighted by atomic mass is 32.2. The fourth-order valence-electron chi connectivity index (χ4n) is 1.67. The summed E-state index contributed by atoms with van der Waals surface area (Å²) < 4.78 is 5.47. The molecule has 0 aliphatic carbocycles. The third-order valence-electron chi connectivity index (χ3n) is 3.12. The Hall–Kier alpha value is 0.270. The van der Waals surface area contributed by atoms with Crippen molar-refractivity contribution >= 4 is 11.8 Å². The van der Waals surface area contributed by atoms with E-state index in [1.165, 1.54) is 19.3 Å². The molecule has 0 fully saturated rings. The molecule has 0 rings (SSSR count). The van der Waals surface area contributed by atoms with E-state index < -0.39 is 0 Å². The maximum Gasteiger partial charge on any atom is 0.0462 e. The van der Waals surface area contributed by atoms with Gasteiger partial charge in [-0.2, -0.15) is 11.8 Å². The topological polar surface area (TPSA) is 21.3 Å². The van der Waals surface area contributed by atoms with Crippen molar-refractivity contribution in [3.63, 3.8) is 0 Å². The quantitative estimate of drug-likeness (QED) is 0.586. The molecule has 0 bridgehead atoms. The fourth-order valence-corrected chi connectivity index (χ4v) is 2.50. The minimum Gasteiger partial charge on any atom is -0.385 e. The third kappa shape index (κ3) is 6.44. The van der Waals surface area contributed by atoms with Crippen molar-refractivity contribution in [1.82, 2.24) is 5.32 Å². The maximum absolute atomic E-state index is 5.02. The van der Waals surface area contributed by atoms with Crippen LogP contribution >= 0.6 is 11.8 Å². The van der Waals surface area contributed by atoms with E-state index >= 15 is 0 Å². The van der Waals surface area contributed by atoms with E-state index in [1.54, 1.807) is 7.11 Å². The van der Waals surface area contributed by atoms with Gasteiger partial charge in [-0.25, -0.2) is 0 Å². The van der Waals surface area contributed by atoms with Gasteiger partial charge in [0.15, 0.2) is 0 Å². The van der Waals surface area contributed by atoms with Crippen LogP contribution in [-0.2, 0) is 4.74 Å². The van der Waals surface area contributed by atoms with Gasteiger partial charge in [-0.15, -0.1) is 0 Å². The third-order valence-corrected chi connectivity index (χ3v) is 4.71. The SMILES string of the molecule is CCC(CC)(CNCCCCOC)SC. The maximum atomic E-state index is 5.02. The minimum atomic E-state index is 0.446. The first-order valence-electron chi connectivity index (χ1n) is 5.99. The molecule has 1 N–H and O–H groups in total. The molecule has 0 aromatic heterocycles. The van der Waals surface area contributed by atoms with Crippen LogP contribution in [0.4, 0.5) is 0 Å². The van der Waals surface area contributed by atoms with Crippen molar-refractivity contribution in [2.75, 3.05) is 33.1 Å². The van der Waals surface area contributed by atoms with Crippen molar-refractivity contribution in [2.24, 2.45) is 0 Å². The molecule has 0 saturated heterocycles. The van der Waals surface area contributed by atoms with Gasteiger partial charge < -0.3 is 10.1 Å². The van der Waals surface area contributed by atoms with Crippen LogP contribution in [0.5, 0.6) is 0 Å². The van der Waals surface area contributed by atoms with Crippen LogP contribution in [0.3, 0.4) is 0 Å². The summed E-state index contributed by atoms with van der Waals surface area (Å²) in [5.41, 5.74) is 0. The number of rotatable bonds is 10. The highest BCUT2D eigenvalue weighted by molar-refractivity contribution is 8.00. The van der Waals surface area contributed by atoms with E-state index in [9.17, 15) is 0 Å². The van der Waals surface area contributed by atoms with Crippen LogP contribution in [0, 0.1) is 0 Å². The predicted octanol–water partition coefficient (Wildman–Crippen LogP) is 2.92. The summed E-state index contributed by atoms with van der Waals surface area (Å²) in [7, 11) is 1.76. The molecular formula is C12H27NOS. The molecule has 0 unspecified atom stereocenters. The molecule has 0 heterocycles. The van der Waals surface area contributed by atoms with Crippen LogP contribution in [0.1, 0.15) is 39.5 Å². The Bertz CT molecular complexity index is 129. The average Bonchev–Trinajstić information content (AvgIpc) is 2.29. The first kappa shape index (κ1) is 15.3. The summed E-state index contributed by atoms with van der Waals surface area (Å²) in [6.45, 7) is 7.70. The number of thioether (sulfide) groups is 1. The molecule has 92 valence electrons. The molecule has 0 amide bonds. The average molecular weight is 233 g/mol. The number of nitrogens with one attached hydrogen (secondary N) is 1. The summed E-state index contributed by atoms with van der Waals surface area (Å²) in [6, 6.07) is 0. The molecule has 0 aliphatic rings. The molecule has 0 saturated carbocycles. The van der Waals surface area contributed by atoms with E-state index in [0.717, 1.165) is 26.1 Å². The first-order valence-corrected chi connectivity index (χ1v) is 7.22. The van der Waals surface area contributed by atoms with Gasteiger partial charge in [0.1, 0.15) is 0 Å². The largest absolute Gasteiger partial charge is 0.385 e. The van der Waals surface area contributed by atoms with Gasteiger partial charge in [-0.3, -0.25) is 0 Å². The summed E-state index contributed by atoms with van der Waals surface area (Å²) in [5, 5.41) is 3.56. The lowest BCUT2D eigenvalue weighted by Crippen LogP contribution is -2.37. The molecule has 0 aromatic carbocycles. The number of hydrogen-bond donors (Lipinski definition) is 1. The summed E-state index contributed by atoms with van der Waals surface area (Å²) in [4.78, 5) is 0.